The van der Waals surface area contributed by atoms with Crippen LogP contribution in [-0.2, 0) is 23.9 Å². The Hall–Kier alpha value is -2.68. The van der Waals surface area contributed by atoms with Crippen LogP contribution in [0.5, 0.6) is 0 Å². The van der Waals surface area contributed by atoms with E-state index in [0.29, 0.717) is 55.8 Å². The van der Waals surface area contributed by atoms with E-state index in [1.54, 1.807) is 40.2 Å². The maximum absolute atomic E-state index is 14.6. The predicted molar refractivity (Wildman–Crippen MR) is 158 cm³/mol. The van der Waals surface area contributed by atoms with Gasteiger partial charge < -0.3 is 24.4 Å². The van der Waals surface area contributed by atoms with E-state index < -0.39 is 35.0 Å². The van der Waals surface area contributed by atoms with Crippen LogP contribution in [0, 0.1) is 11.8 Å². The van der Waals surface area contributed by atoms with Gasteiger partial charge >= 0.3 is 5.97 Å². The van der Waals surface area contributed by atoms with E-state index in [0.717, 1.165) is 19.3 Å². The third kappa shape index (κ3) is 5.71. The van der Waals surface area contributed by atoms with Crippen molar-refractivity contribution in [3.8, 4) is 0 Å². The summed E-state index contributed by atoms with van der Waals surface area (Å²) >= 11 is 6.54. The molecule has 3 aliphatic heterocycles. The zero-order valence-electron chi connectivity index (χ0n) is 24.1. The number of amides is 2. The molecule has 2 unspecified atom stereocenters. The number of esters is 1. The molecule has 0 aliphatic carbocycles. The van der Waals surface area contributed by atoms with E-state index in [-0.39, 0.29) is 31.6 Å². The molecule has 2 bridgehead atoms. The number of para-hydroxylation sites is 1. The molecule has 8 nitrogen and oxygen atoms in total. The summed E-state index contributed by atoms with van der Waals surface area (Å²) in [4.78, 5) is 45.7. The van der Waals surface area contributed by atoms with Crippen LogP contribution in [0.25, 0.3) is 0 Å². The molecule has 41 heavy (non-hydrogen) atoms. The van der Waals surface area contributed by atoms with Crippen molar-refractivity contribution in [2.24, 2.45) is 11.8 Å². The van der Waals surface area contributed by atoms with Crippen molar-refractivity contribution in [2.45, 2.75) is 82.0 Å². The van der Waals surface area contributed by atoms with Crippen LogP contribution in [0.1, 0.15) is 64.7 Å². The number of hydrogen-bond acceptors (Lipinski definition) is 6. The summed E-state index contributed by atoms with van der Waals surface area (Å²) < 4.78 is 12.5. The van der Waals surface area contributed by atoms with Gasteiger partial charge in [-0.2, -0.15) is 0 Å². The molecule has 1 N–H and O–H groups in total. The number of carbonyl (C=O) groups is 3. The van der Waals surface area contributed by atoms with Crippen LogP contribution in [0.4, 0.5) is 5.69 Å². The van der Waals surface area contributed by atoms with E-state index in [2.05, 4.69) is 13.2 Å². The first-order chi connectivity index (χ1) is 19.8. The summed E-state index contributed by atoms with van der Waals surface area (Å²) in [7, 11) is 0. The molecule has 1 aromatic rings. The first-order valence-electron chi connectivity index (χ1n) is 14.9. The third-order valence-electron chi connectivity index (χ3n) is 8.99. The van der Waals surface area contributed by atoms with Gasteiger partial charge in [0, 0.05) is 19.7 Å². The lowest BCUT2D eigenvalue weighted by atomic mass is 9.65. The van der Waals surface area contributed by atoms with E-state index in [1.165, 1.54) is 0 Å². The van der Waals surface area contributed by atoms with Gasteiger partial charge in [0.1, 0.15) is 17.6 Å². The molecule has 3 aliphatic rings. The van der Waals surface area contributed by atoms with Crippen molar-refractivity contribution >= 4 is 35.1 Å². The van der Waals surface area contributed by atoms with Gasteiger partial charge in [0.05, 0.1) is 28.8 Å². The second kappa shape index (κ2) is 13.5. The number of aliphatic hydroxyl groups excluding tert-OH is 1. The Labute approximate surface area is 248 Å². The Morgan fingerprint density at radius 1 is 1.17 bits per heavy atom. The average molecular weight is 587 g/mol. The minimum atomic E-state index is -1.14. The molecular formula is C32H43ClN2O6. The quantitative estimate of drug-likeness (QED) is 0.165. The number of anilines is 1. The molecule has 1 spiro atoms. The number of rotatable bonds is 16. The first-order valence-corrected chi connectivity index (χ1v) is 15.3. The van der Waals surface area contributed by atoms with Crippen molar-refractivity contribution in [3.63, 3.8) is 0 Å². The van der Waals surface area contributed by atoms with Crippen molar-refractivity contribution in [1.82, 2.24) is 4.90 Å². The number of carbonyl (C=O) groups excluding carboxylic acids is 3. The number of aliphatic hydroxyl groups is 1. The highest BCUT2D eigenvalue weighted by Gasteiger charge is 2.79. The number of hydrogen-bond donors (Lipinski definition) is 1. The van der Waals surface area contributed by atoms with Gasteiger partial charge in [-0.3, -0.25) is 14.4 Å². The van der Waals surface area contributed by atoms with Crippen LogP contribution < -0.4 is 4.90 Å². The van der Waals surface area contributed by atoms with Crippen LogP contribution in [0.2, 0.25) is 5.02 Å². The number of nitrogens with zero attached hydrogens (tertiary/aromatic N) is 2. The summed E-state index contributed by atoms with van der Waals surface area (Å²) in [6.45, 7) is 10.5. The highest BCUT2D eigenvalue weighted by Crippen LogP contribution is 2.64. The molecular weight excluding hydrogens is 544 g/mol. The normalized spacial score (nSPS) is 28.0. The number of likely N-dealkylation sites (tertiary alicyclic amines) is 1. The molecule has 0 saturated carbocycles. The maximum Gasteiger partial charge on any atom is 0.312 e. The molecule has 224 valence electrons. The Morgan fingerprint density at radius 3 is 2.61 bits per heavy atom. The molecule has 0 radical (unpaired) electrons. The Bertz CT molecular complexity index is 1140. The zero-order chi connectivity index (χ0) is 29.6. The van der Waals surface area contributed by atoms with Crippen molar-refractivity contribution in [3.05, 3.63) is 54.6 Å². The number of unbranched alkanes of at least 4 members (excludes halogenated alkanes) is 4. The topological polar surface area (TPSA) is 96.4 Å². The SMILES string of the molecule is C=CCCCOC(=O)[C@@H]1[C@H]2C(=O)N(CCCCCCO)C(C(=O)N(CC=C)c3ccccc3Cl)C23CC[C@@]1(CC)O3. The fraction of sp³-hybridized carbons (Fsp3) is 0.594. The van der Waals surface area contributed by atoms with Crippen LogP contribution >= 0.6 is 11.6 Å². The van der Waals surface area contributed by atoms with Gasteiger partial charge in [0.2, 0.25) is 5.91 Å². The highest BCUT2D eigenvalue weighted by atomic mass is 35.5. The second-order valence-electron chi connectivity index (χ2n) is 11.3. The van der Waals surface area contributed by atoms with Gasteiger partial charge in [-0.1, -0.05) is 55.7 Å². The van der Waals surface area contributed by atoms with E-state index in [4.69, 9.17) is 21.1 Å². The summed E-state index contributed by atoms with van der Waals surface area (Å²) in [5.41, 5.74) is -1.46. The Balaban J connectivity index is 1.72. The van der Waals surface area contributed by atoms with E-state index in [9.17, 15) is 19.5 Å². The monoisotopic (exact) mass is 586 g/mol. The van der Waals surface area contributed by atoms with E-state index in [1.807, 2.05) is 13.0 Å². The van der Waals surface area contributed by atoms with Crippen LogP contribution in [0.15, 0.2) is 49.6 Å². The predicted octanol–water partition coefficient (Wildman–Crippen LogP) is 5.08. The number of allylic oxidation sites excluding steroid dienone is 1. The smallest absolute Gasteiger partial charge is 0.312 e. The number of fused-ring (bicyclic) bond motifs is 1. The molecule has 2 amide bonds. The summed E-state index contributed by atoms with van der Waals surface area (Å²) in [6.07, 6.45) is 9.38. The molecule has 9 heteroatoms. The highest BCUT2D eigenvalue weighted by molar-refractivity contribution is 6.34. The molecule has 3 saturated heterocycles. The Morgan fingerprint density at radius 2 is 1.93 bits per heavy atom. The molecule has 4 rings (SSSR count). The minimum absolute atomic E-state index is 0.118. The molecule has 0 aromatic heterocycles. The van der Waals surface area contributed by atoms with Crippen LogP contribution in [0.3, 0.4) is 0 Å². The fourth-order valence-electron chi connectivity index (χ4n) is 7.09. The summed E-state index contributed by atoms with van der Waals surface area (Å²) in [5.74, 6) is -2.53. The van der Waals surface area contributed by atoms with Gasteiger partial charge in [0.15, 0.2) is 0 Å². The third-order valence-corrected chi connectivity index (χ3v) is 9.31. The number of benzene rings is 1. The van der Waals surface area contributed by atoms with Gasteiger partial charge in [-0.15, -0.1) is 13.2 Å². The number of ether oxygens (including phenoxy) is 2. The standard InChI is InChI=1S/C32H43ClN2O6/c1-4-7-14-22-40-30(39)26-25-28(37)35(20-12-8-9-13-21-36)27(32(25)18-17-31(26,6-3)41-32)29(38)34(19-5-2)24-16-11-10-15-23(24)33/h4-5,10-11,15-16,25-27,36H,1-2,6-9,12-14,17-22H2,3H3/t25-,26-,27?,31+,32?/m0/s1. The largest absolute Gasteiger partial charge is 0.465 e. The molecule has 3 heterocycles. The van der Waals surface area contributed by atoms with Gasteiger partial charge in [0.25, 0.3) is 5.91 Å². The summed E-state index contributed by atoms with van der Waals surface area (Å²) in [5, 5.41) is 9.59. The summed E-state index contributed by atoms with van der Waals surface area (Å²) in [6, 6.07) is 6.20. The molecule has 3 fully saturated rings. The van der Waals surface area contributed by atoms with Crippen molar-refractivity contribution in [2.75, 3.05) is 31.2 Å². The first kappa shape index (κ1) is 31.3. The fourth-order valence-corrected chi connectivity index (χ4v) is 7.33. The maximum atomic E-state index is 14.6. The van der Waals surface area contributed by atoms with E-state index >= 15 is 0 Å². The molecule has 1 aromatic carbocycles. The number of halogens is 1. The average Bonchev–Trinajstić information content (AvgIpc) is 3.57. The molecule has 5 atom stereocenters. The van der Waals surface area contributed by atoms with Crippen molar-refractivity contribution in [1.29, 1.82) is 0 Å². The Kier molecular flexibility index (Phi) is 10.3. The lowest BCUT2D eigenvalue weighted by Crippen LogP contribution is -2.56. The van der Waals surface area contributed by atoms with Gasteiger partial charge in [-0.25, -0.2) is 0 Å². The lowest BCUT2D eigenvalue weighted by Gasteiger charge is -2.37. The van der Waals surface area contributed by atoms with Gasteiger partial charge in [-0.05, 0) is 57.1 Å². The minimum Gasteiger partial charge on any atom is -0.465 e. The lowest BCUT2D eigenvalue weighted by molar-refractivity contribution is -0.161. The second-order valence-corrected chi connectivity index (χ2v) is 11.7. The van der Waals surface area contributed by atoms with Crippen molar-refractivity contribution < 1.29 is 29.0 Å². The zero-order valence-corrected chi connectivity index (χ0v) is 24.8. The van der Waals surface area contributed by atoms with Crippen LogP contribution in [-0.4, -0.2) is 71.3 Å².